The van der Waals surface area contributed by atoms with Crippen molar-refractivity contribution in [1.82, 2.24) is 0 Å². The summed E-state index contributed by atoms with van der Waals surface area (Å²) in [5.41, 5.74) is 5.03. The number of nitrogens with zero attached hydrogens (tertiary/aromatic N) is 1. The maximum atomic E-state index is 5.25. The van der Waals surface area contributed by atoms with Gasteiger partial charge in [-0.1, -0.05) is 61.1 Å². The summed E-state index contributed by atoms with van der Waals surface area (Å²) in [5, 5.41) is 1.85. The summed E-state index contributed by atoms with van der Waals surface area (Å²) in [5.74, 6) is 2.19. The van der Waals surface area contributed by atoms with Crippen LogP contribution in [0.3, 0.4) is 0 Å². The van der Waals surface area contributed by atoms with Crippen molar-refractivity contribution in [2.75, 3.05) is 12.9 Å². The van der Waals surface area contributed by atoms with Gasteiger partial charge in [-0.3, -0.25) is 0 Å². The Bertz CT molecular complexity index is 871. The van der Waals surface area contributed by atoms with Crippen molar-refractivity contribution in [1.29, 1.82) is 0 Å². The molecule has 0 fully saturated rings. The van der Waals surface area contributed by atoms with E-state index >= 15 is 0 Å². The van der Waals surface area contributed by atoms with Gasteiger partial charge in [-0.15, -0.1) is 24.4 Å². The zero-order valence-corrected chi connectivity index (χ0v) is 19.7. The number of aliphatic imine (C=N–C) groups is 1. The minimum atomic E-state index is 0.418. The van der Waals surface area contributed by atoms with Gasteiger partial charge in [-0.05, 0) is 62.0 Å². The van der Waals surface area contributed by atoms with Crippen LogP contribution in [0.2, 0.25) is 0 Å². The van der Waals surface area contributed by atoms with Crippen LogP contribution < -0.4 is 4.74 Å². The van der Waals surface area contributed by atoms with Crippen LogP contribution in [0.4, 0.5) is 0 Å². The highest BCUT2D eigenvalue weighted by Gasteiger charge is 2.21. The smallest absolute Gasteiger partial charge is 0.118 e. The van der Waals surface area contributed by atoms with Crippen LogP contribution in [-0.4, -0.2) is 17.9 Å². The van der Waals surface area contributed by atoms with Gasteiger partial charge in [0.2, 0.25) is 0 Å². The Hall–Kier alpha value is -1.91. The lowest BCUT2D eigenvalue weighted by atomic mass is 10.0. The van der Waals surface area contributed by atoms with E-state index in [-0.39, 0.29) is 0 Å². The Morgan fingerprint density at radius 3 is 2.62 bits per heavy atom. The molecule has 0 radical (unpaired) electrons. The van der Waals surface area contributed by atoms with Gasteiger partial charge in [-0.2, -0.15) is 0 Å². The number of thiol groups is 1. The molecule has 0 amide bonds. The Labute approximate surface area is 185 Å². The third-order valence-electron chi connectivity index (χ3n) is 4.82. The van der Waals surface area contributed by atoms with Crippen LogP contribution in [0.25, 0.3) is 5.57 Å². The molecule has 1 unspecified atom stereocenters. The van der Waals surface area contributed by atoms with Crippen molar-refractivity contribution >= 4 is 35.0 Å². The summed E-state index contributed by atoms with van der Waals surface area (Å²) in [7, 11) is 1.69. The number of thioether (sulfide) groups is 1. The number of ether oxygens (including phenoxy) is 1. The quantitative estimate of drug-likeness (QED) is 0.211. The van der Waals surface area contributed by atoms with Crippen LogP contribution in [0.5, 0.6) is 5.75 Å². The average molecular weight is 426 g/mol. The summed E-state index contributed by atoms with van der Waals surface area (Å²) < 4.78 is 5.25. The van der Waals surface area contributed by atoms with Crippen LogP contribution in [-0.2, 0) is 0 Å². The van der Waals surface area contributed by atoms with Gasteiger partial charge in [0, 0.05) is 5.75 Å². The molecule has 0 aromatic heterocycles. The first-order valence-electron chi connectivity index (χ1n) is 9.87. The number of methoxy groups -OCH3 is 1. The molecule has 0 bridgehead atoms. The topological polar surface area (TPSA) is 21.6 Å². The molecule has 29 heavy (non-hydrogen) atoms. The zero-order chi connectivity index (χ0) is 21.2. The second-order valence-electron chi connectivity index (χ2n) is 7.04. The number of rotatable bonds is 7. The van der Waals surface area contributed by atoms with E-state index in [1.165, 1.54) is 22.3 Å². The minimum absolute atomic E-state index is 0.418. The second-order valence-corrected chi connectivity index (χ2v) is 8.68. The molecule has 2 nitrogen and oxygen atoms in total. The molecule has 0 aliphatic heterocycles. The fraction of sp³-hybridized carbons (Fsp3) is 0.320. The normalized spacial score (nSPS) is 19.9. The highest BCUT2D eigenvalue weighted by molar-refractivity contribution is 8.14. The average Bonchev–Trinajstić information content (AvgIpc) is 3.12. The lowest BCUT2D eigenvalue weighted by Crippen LogP contribution is -1.94. The molecule has 4 heteroatoms. The van der Waals surface area contributed by atoms with Crippen LogP contribution in [0.15, 0.2) is 81.9 Å². The first kappa shape index (κ1) is 23.4. The van der Waals surface area contributed by atoms with Gasteiger partial charge in [0.1, 0.15) is 5.75 Å². The van der Waals surface area contributed by atoms with E-state index in [9.17, 15) is 0 Å². The van der Waals surface area contributed by atoms with Crippen molar-refractivity contribution < 1.29 is 4.74 Å². The van der Waals surface area contributed by atoms with E-state index in [2.05, 4.69) is 62.4 Å². The van der Waals surface area contributed by atoms with Gasteiger partial charge in [0.05, 0.1) is 17.2 Å². The van der Waals surface area contributed by atoms with E-state index in [1.807, 2.05) is 26.0 Å². The molecule has 2 rings (SSSR count). The number of hydrogen-bond donors (Lipinski definition) is 1. The SMILES string of the molecule is C\C=C(C)/C=C\C=C\CS/C(C)=N/C(S)=C1/C=C(c2ccc(OC)cc2)CC1C. The summed E-state index contributed by atoms with van der Waals surface area (Å²) in [6.07, 6.45) is 13.7. The standard InChI is InChI=1S/C25H31NOS2/c1-6-18(2)10-8-7-9-15-29-20(4)26-25(28)24-17-22(16-19(24)3)21-11-13-23(27-5)14-12-21/h6-14,17,19,28H,15-16H2,1-5H3/b9-7+,10-8-,18-6-,25-24+,26-20+. The molecule has 0 saturated heterocycles. The molecule has 1 atom stereocenters. The third kappa shape index (κ3) is 7.45. The zero-order valence-electron chi connectivity index (χ0n) is 18.0. The fourth-order valence-corrected chi connectivity index (χ4v) is 4.08. The molecule has 0 N–H and O–H groups in total. The van der Waals surface area contributed by atoms with Crippen molar-refractivity contribution in [3.8, 4) is 5.75 Å². The van der Waals surface area contributed by atoms with Gasteiger partial charge in [0.15, 0.2) is 0 Å². The van der Waals surface area contributed by atoms with E-state index in [4.69, 9.17) is 22.4 Å². The summed E-state index contributed by atoms with van der Waals surface area (Å²) >= 11 is 6.43. The fourth-order valence-electron chi connectivity index (χ4n) is 2.97. The van der Waals surface area contributed by atoms with E-state index < -0.39 is 0 Å². The molecular formula is C25H31NOS2. The summed E-state index contributed by atoms with van der Waals surface area (Å²) in [6.45, 7) is 8.42. The maximum absolute atomic E-state index is 5.25. The summed E-state index contributed by atoms with van der Waals surface area (Å²) in [4.78, 5) is 4.72. The molecular weight excluding hydrogens is 394 g/mol. The minimum Gasteiger partial charge on any atom is -0.497 e. The molecule has 0 spiro atoms. The first-order valence-corrected chi connectivity index (χ1v) is 11.3. The molecule has 1 aromatic carbocycles. The lowest BCUT2D eigenvalue weighted by molar-refractivity contribution is 0.415. The molecule has 1 aliphatic rings. The van der Waals surface area contributed by atoms with E-state index in [1.54, 1.807) is 18.9 Å². The molecule has 0 heterocycles. The van der Waals surface area contributed by atoms with Crippen LogP contribution >= 0.6 is 24.4 Å². The Morgan fingerprint density at radius 2 is 1.97 bits per heavy atom. The molecule has 154 valence electrons. The van der Waals surface area contributed by atoms with Crippen molar-refractivity contribution in [3.05, 3.63) is 82.5 Å². The number of benzene rings is 1. The monoisotopic (exact) mass is 425 g/mol. The number of allylic oxidation sites excluding steroid dienone is 8. The molecule has 1 aromatic rings. The highest BCUT2D eigenvalue weighted by Crippen LogP contribution is 2.38. The predicted octanol–water partition coefficient (Wildman–Crippen LogP) is 7.49. The van der Waals surface area contributed by atoms with Crippen molar-refractivity contribution in [2.24, 2.45) is 10.9 Å². The largest absolute Gasteiger partial charge is 0.497 e. The Balaban J connectivity index is 2.02. The van der Waals surface area contributed by atoms with Gasteiger partial charge >= 0.3 is 0 Å². The molecule has 0 saturated carbocycles. The van der Waals surface area contributed by atoms with Crippen LogP contribution in [0.1, 0.15) is 39.7 Å². The van der Waals surface area contributed by atoms with Crippen LogP contribution in [0, 0.1) is 5.92 Å². The van der Waals surface area contributed by atoms with Crippen molar-refractivity contribution in [3.63, 3.8) is 0 Å². The second kappa shape index (κ2) is 11.9. The molecule has 1 aliphatic carbocycles. The lowest BCUT2D eigenvalue weighted by Gasteiger charge is -2.07. The van der Waals surface area contributed by atoms with Gasteiger partial charge < -0.3 is 4.74 Å². The first-order chi connectivity index (χ1) is 13.9. The number of hydrogen-bond acceptors (Lipinski definition) is 4. The summed E-state index contributed by atoms with van der Waals surface area (Å²) in [6, 6.07) is 8.24. The van der Waals surface area contributed by atoms with E-state index in [0.29, 0.717) is 5.92 Å². The van der Waals surface area contributed by atoms with Gasteiger partial charge in [0.25, 0.3) is 0 Å². The van der Waals surface area contributed by atoms with Gasteiger partial charge in [-0.25, -0.2) is 4.99 Å². The van der Waals surface area contributed by atoms with E-state index in [0.717, 1.165) is 28.0 Å². The highest BCUT2D eigenvalue weighted by atomic mass is 32.2. The predicted molar refractivity (Wildman–Crippen MR) is 134 cm³/mol. The maximum Gasteiger partial charge on any atom is 0.118 e. The van der Waals surface area contributed by atoms with Crippen molar-refractivity contribution in [2.45, 2.75) is 34.1 Å². The third-order valence-corrected chi connectivity index (χ3v) is 6.05. The Morgan fingerprint density at radius 1 is 1.24 bits per heavy atom. The Kier molecular flexibility index (Phi) is 9.62.